The third kappa shape index (κ3) is 1.57. The molecule has 14 heavy (non-hydrogen) atoms. The summed E-state index contributed by atoms with van der Waals surface area (Å²) in [5.41, 5.74) is 9.51. The first-order valence-electron chi connectivity index (χ1n) is 4.40. The van der Waals surface area contributed by atoms with E-state index in [1.54, 1.807) is 18.6 Å². The predicted octanol–water partition coefficient (Wildman–Crippen LogP) is 2.03. The van der Waals surface area contributed by atoms with Gasteiger partial charge in [0.1, 0.15) is 0 Å². The standard InChI is InChI=1S/C11H11N3/c1-8-2-3-9(12)6-10(8)11-7-13-4-5-14-11/h2-7H,12H2,1H3. The topological polar surface area (TPSA) is 51.8 Å². The number of nitrogen functional groups attached to an aromatic ring is 1. The van der Waals surface area contributed by atoms with Crippen molar-refractivity contribution in [3.05, 3.63) is 42.4 Å². The molecule has 0 aliphatic heterocycles. The molecule has 0 aliphatic carbocycles. The molecule has 3 heteroatoms. The molecule has 1 aromatic heterocycles. The van der Waals surface area contributed by atoms with Crippen LogP contribution in [0.25, 0.3) is 11.3 Å². The number of hydrogen-bond acceptors (Lipinski definition) is 3. The van der Waals surface area contributed by atoms with Crippen molar-refractivity contribution in [2.75, 3.05) is 5.73 Å². The number of nitrogens with two attached hydrogens (primary N) is 1. The average Bonchev–Trinajstić information content (AvgIpc) is 2.23. The molecule has 70 valence electrons. The molecule has 0 spiro atoms. The smallest absolute Gasteiger partial charge is 0.0888 e. The first kappa shape index (κ1) is 8.69. The molecular formula is C11H11N3. The Morgan fingerprint density at radius 3 is 2.79 bits per heavy atom. The molecular weight excluding hydrogens is 174 g/mol. The first-order valence-corrected chi connectivity index (χ1v) is 4.40. The van der Waals surface area contributed by atoms with Crippen molar-refractivity contribution >= 4 is 5.69 Å². The highest BCUT2D eigenvalue weighted by atomic mass is 14.8. The van der Waals surface area contributed by atoms with Crippen LogP contribution in [0.4, 0.5) is 5.69 Å². The highest BCUT2D eigenvalue weighted by molar-refractivity contribution is 5.67. The summed E-state index contributed by atoms with van der Waals surface area (Å²) in [4.78, 5) is 8.26. The zero-order valence-electron chi connectivity index (χ0n) is 7.94. The maximum atomic E-state index is 5.72. The quantitative estimate of drug-likeness (QED) is 0.691. The maximum Gasteiger partial charge on any atom is 0.0888 e. The normalized spacial score (nSPS) is 10.1. The lowest BCUT2D eigenvalue weighted by Crippen LogP contribution is -1.91. The highest BCUT2D eigenvalue weighted by Crippen LogP contribution is 2.22. The van der Waals surface area contributed by atoms with Crippen LogP contribution in [0.15, 0.2) is 36.8 Å². The molecule has 2 aromatic rings. The van der Waals surface area contributed by atoms with Gasteiger partial charge < -0.3 is 5.73 Å². The Morgan fingerprint density at radius 2 is 2.07 bits per heavy atom. The molecule has 0 radical (unpaired) electrons. The second-order valence-electron chi connectivity index (χ2n) is 3.17. The Bertz CT molecular complexity index is 438. The van der Waals surface area contributed by atoms with Crippen LogP contribution < -0.4 is 5.73 Å². The fraction of sp³-hybridized carbons (Fsp3) is 0.0909. The predicted molar refractivity (Wildman–Crippen MR) is 56.6 cm³/mol. The zero-order chi connectivity index (χ0) is 9.97. The van der Waals surface area contributed by atoms with E-state index in [1.165, 1.54) is 0 Å². The van der Waals surface area contributed by atoms with E-state index in [1.807, 2.05) is 25.1 Å². The number of benzene rings is 1. The van der Waals surface area contributed by atoms with Gasteiger partial charge in [0.15, 0.2) is 0 Å². The Morgan fingerprint density at radius 1 is 1.21 bits per heavy atom. The molecule has 0 saturated heterocycles. The van der Waals surface area contributed by atoms with Crippen LogP contribution in [0, 0.1) is 6.92 Å². The zero-order valence-corrected chi connectivity index (χ0v) is 7.94. The summed E-state index contributed by atoms with van der Waals surface area (Å²) >= 11 is 0. The Labute approximate surface area is 82.6 Å². The molecule has 0 aliphatic rings. The van der Waals surface area contributed by atoms with E-state index in [2.05, 4.69) is 9.97 Å². The van der Waals surface area contributed by atoms with Crippen LogP contribution in [-0.4, -0.2) is 9.97 Å². The minimum atomic E-state index is 0.747. The van der Waals surface area contributed by atoms with Crippen molar-refractivity contribution in [1.82, 2.24) is 9.97 Å². The Balaban J connectivity index is 2.57. The third-order valence-electron chi connectivity index (χ3n) is 2.10. The van der Waals surface area contributed by atoms with Crippen molar-refractivity contribution in [3.8, 4) is 11.3 Å². The number of aryl methyl sites for hydroxylation is 1. The lowest BCUT2D eigenvalue weighted by atomic mass is 10.1. The molecule has 0 fully saturated rings. The van der Waals surface area contributed by atoms with E-state index >= 15 is 0 Å². The number of aromatic nitrogens is 2. The van der Waals surface area contributed by atoms with Gasteiger partial charge in [0, 0.05) is 23.6 Å². The maximum absolute atomic E-state index is 5.72. The van der Waals surface area contributed by atoms with Gasteiger partial charge in [-0.25, -0.2) is 0 Å². The SMILES string of the molecule is Cc1ccc(N)cc1-c1cnccn1. The molecule has 0 atom stereocenters. The second kappa shape index (κ2) is 3.46. The summed E-state index contributed by atoms with van der Waals surface area (Å²) < 4.78 is 0. The van der Waals surface area contributed by atoms with E-state index in [0.29, 0.717) is 0 Å². The van der Waals surface area contributed by atoms with Crippen molar-refractivity contribution in [2.24, 2.45) is 0 Å². The van der Waals surface area contributed by atoms with Gasteiger partial charge in [-0.1, -0.05) is 6.07 Å². The minimum Gasteiger partial charge on any atom is -0.399 e. The Hall–Kier alpha value is -1.90. The number of nitrogens with zero attached hydrogens (tertiary/aromatic N) is 2. The van der Waals surface area contributed by atoms with Crippen LogP contribution in [0.3, 0.4) is 0 Å². The molecule has 1 heterocycles. The van der Waals surface area contributed by atoms with Gasteiger partial charge in [0.25, 0.3) is 0 Å². The molecule has 3 nitrogen and oxygen atoms in total. The van der Waals surface area contributed by atoms with Crippen molar-refractivity contribution in [1.29, 1.82) is 0 Å². The fourth-order valence-electron chi connectivity index (χ4n) is 1.35. The van der Waals surface area contributed by atoms with Crippen molar-refractivity contribution in [3.63, 3.8) is 0 Å². The van der Waals surface area contributed by atoms with Gasteiger partial charge >= 0.3 is 0 Å². The van der Waals surface area contributed by atoms with E-state index in [0.717, 1.165) is 22.5 Å². The molecule has 2 rings (SSSR count). The minimum absolute atomic E-state index is 0.747. The van der Waals surface area contributed by atoms with Crippen LogP contribution in [0.5, 0.6) is 0 Å². The van der Waals surface area contributed by atoms with Crippen molar-refractivity contribution in [2.45, 2.75) is 6.92 Å². The molecule has 0 bridgehead atoms. The molecule has 0 saturated carbocycles. The lowest BCUT2D eigenvalue weighted by molar-refractivity contribution is 1.20. The fourth-order valence-corrected chi connectivity index (χ4v) is 1.35. The summed E-state index contributed by atoms with van der Waals surface area (Å²) in [5, 5.41) is 0. The summed E-state index contributed by atoms with van der Waals surface area (Å²) in [5.74, 6) is 0. The van der Waals surface area contributed by atoms with Gasteiger partial charge in [-0.2, -0.15) is 0 Å². The van der Waals surface area contributed by atoms with Crippen LogP contribution in [0.2, 0.25) is 0 Å². The lowest BCUT2D eigenvalue weighted by Gasteiger charge is -2.05. The number of hydrogen-bond donors (Lipinski definition) is 1. The number of rotatable bonds is 1. The summed E-state index contributed by atoms with van der Waals surface area (Å²) in [6.07, 6.45) is 5.07. The van der Waals surface area contributed by atoms with Gasteiger partial charge in [0.05, 0.1) is 11.9 Å². The highest BCUT2D eigenvalue weighted by Gasteiger charge is 2.02. The summed E-state index contributed by atoms with van der Waals surface area (Å²) in [6.45, 7) is 2.03. The van der Waals surface area contributed by atoms with Gasteiger partial charge in [-0.05, 0) is 24.6 Å². The third-order valence-corrected chi connectivity index (χ3v) is 2.10. The monoisotopic (exact) mass is 185 g/mol. The molecule has 0 unspecified atom stereocenters. The molecule has 1 aromatic carbocycles. The summed E-state index contributed by atoms with van der Waals surface area (Å²) in [6, 6.07) is 5.79. The Kier molecular flexibility index (Phi) is 2.14. The molecule has 0 amide bonds. The van der Waals surface area contributed by atoms with Gasteiger partial charge in [-0.3, -0.25) is 9.97 Å². The van der Waals surface area contributed by atoms with Crippen LogP contribution >= 0.6 is 0 Å². The first-order chi connectivity index (χ1) is 6.77. The second-order valence-corrected chi connectivity index (χ2v) is 3.17. The van der Waals surface area contributed by atoms with E-state index in [-0.39, 0.29) is 0 Å². The summed E-state index contributed by atoms with van der Waals surface area (Å²) in [7, 11) is 0. The van der Waals surface area contributed by atoms with Crippen LogP contribution in [0.1, 0.15) is 5.56 Å². The van der Waals surface area contributed by atoms with Crippen molar-refractivity contribution < 1.29 is 0 Å². The molecule has 2 N–H and O–H groups in total. The van der Waals surface area contributed by atoms with Gasteiger partial charge in [0.2, 0.25) is 0 Å². The average molecular weight is 185 g/mol. The largest absolute Gasteiger partial charge is 0.399 e. The van der Waals surface area contributed by atoms with E-state index in [4.69, 9.17) is 5.73 Å². The number of anilines is 1. The van der Waals surface area contributed by atoms with E-state index in [9.17, 15) is 0 Å². The van der Waals surface area contributed by atoms with E-state index < -0.39 is 0 Å². The van der Waals surface area contributed by atoms with Gasteiger partial charge in [-0.15, -0.1) is 0 Å². The van der Waals surface area contributed by atoms with Crippen LogP contribution in [-0.2, 0) is 0 Å².